The maximum Gasteiger partial charge on any atom is 0.262 e. The normalized spacial score (nSPS) is 10.6. The molecule has 2 heterocycles. The maximum absolute atomic E-state index is 12.5. The third kappa shape index (κ3) is 2.89. The summed E-state index contributed by atoms with van der Waals surface area (Å²) in [6, 6.07) is 6.60. The summed E-state index contributed by atoms with van der Waals surface area (Å²) >= 11 is 0. The van der Waals surface area contributed by atoms with Gasteiger partial charge in [-0.15, -0.1) is 0 Å². The fraction of sp³-hybridized carbons (Fsp3) is 0.125. The molecule has 0 unspecified atom stereocenters. The number of nitrogens with zero attached hydrogens (tertiary/aromatic N) is 1. The first-order valence-corrected chi connectivity index (χ1v) is 7.11. The topological polar surface area (TPSA) is 117 Å². The Morgan fingerprint density at radius 2 is 1.75 bits per heavy atom. The standard InChI is InChI=1S/C16H14N4O4/c1-8-12(13-14(22)17-7-18-16(13)24-8)15(23)20-11-5-3-10(4-6-11)19-9(2)21/h3-7H,1-2H3,(H,19,21)(H,20,23)(H,17,18,22). The second-order valence-electron chi connectivity index (χ2n) is 5.16. The molecule has 0 radical (unpaired) electrons. The molecule has 0 atom stereocenters. The average Bonchev–Trinajstić information content (AvgIpc) is 2.86. The number of aryl methyl sites for hydroxylation is 1. The molecule has 0 saturated heterocycles. The Morgan fingerprint density at radius 1 is 1.12 bits per heavy atom. The van der Waals surface area contributed by atoms with E-state index < -0.39 is 11.5 Å². The maximum atomic E-state index is 12.5. The number of hydrogen-bond donors (Lipinski definition) is 3. The summed E-state index contributed by atoms with van der Waals surface area (Å²) in [7, 11) is 0. The number of H-pyrrole nitrogens is 1. The van der Waals surface area contributed by atoms with Gasteiger partial charge in [0.1, 0.15) is 11.1 Å². The second kappa shape index (κ2) is 5.99. The summed E-state index contributed by atoms with van der Waals surface area (Å²) in [5, 5.41) is 5.44. The van der Waals surface area contributed by atoms with E-state index in [1.165, 1.54) is 13.3 Å². The van der Waals surface area contributed by atoms with Crippen LogP contribution in [0.25, 0.3) is 11.1 Å². The van der Waals surface area contributed by atoms with Gasteiger partial charge in [0.05, 0.1) is 11.9 Å². The van der Waals surface area contributed by atoms with E-state index in [0.717, 1.165) is 0 Å². The van der Waals surface area contributed by atoms with Gasteiger partial charge in [-0.3, -0.25) is 14.4 Å². The number of aromatic amines is 1. The van der Waals surface area contributed by atoms with E-state index in [1.54, 1.807) is 31.2 Å². The predicted molar refractivity (Wildman–Crippen MR) is 88.1 cm³/mol. The number of aromatic nitrogens is 2. The van der Waals surface area contributed by atoms with Crippen molar-refractivity contribution in [2.45, 2.75) is 13.8 Å². The van der Waals surface area contributed by atoms with Crippen molar-refractivity contribution in [3.8, 4) is 0 Å². The molecule has 0 aliphatic heterocycles. The number of benzene rings is 1. The molecule has 0 bridgehead atoms. The van der Waals surface area contributed by atoms with Crippen LogP contribution < -0.4 is 16.2 Å². The van der Waals surface area contributed by atoms with Crippen LogP contribution in [0.3, 0.4) is 0 Å². The van der Waals surface area contributed by atoms with E-state index in [-0.39, 0.29) is 22.6 Å². The fourth-order valence-electron chi connectivity index (χ4n) is 2.36. The Kier molecular flexibility index (Phi) is 3.87. The van der Waals surface area contributed by atoms with Gasteiger partial charge in [0.15, 0.2) is 0 Å². The second-order valence-corrected chi connectivity index (χ2v) is 5.16. The molecule has 0 fully saturated rings. The number of carbonyl (C=O) groups excluding carboxylic acids is 2. The lowest BCUT2D eigenvalue weighted by Crippen LogP contribution is -2.16. The Labute approximate surface area is 135 Å². The van der Waals surface area contributed by atoms with Gasteiger partial charge in [-0.2, -0.15) is 0 Å². The van der Waals surface area contributed by atoms with Crippen molar-refractivity contribution in [1.82, 2.24) is 9.97 Å². The molecule has 0 aliphatic carbocycles. The highest BCUT2D eigenvalue weighted by Crippen LogP contribution is 2.22. The molecule has 2 amide bonds. The highest BCUT2D eigenvalue weighted by molar-refractivity contribution is 6.12. The average molecular weight is 326 g/mol. The molecule has 3 rings (SSSR count). The smallest absolute Gasteiger partial charge is 0.262 e. The summed E-state index contributed by atoms with van der Waals surface area (Å²) in [6.07, 6.45) is 1.22. The first-order chi connectivity index (χ1) is 11.5. The van der Waals surface area contributed by atoms with Crippen molar-refractivity contribution in [3.05, 3.63) is 52.3 Å². The predicted octanol–water partition coefficient (Wildman–Crippen LogP) is 2.04. The monoisotopic (exact) mass is 326 g/mol. The van der Waals surface area contributed by atoms with Crippen molar-refractivity contribution in [3.63, 3.8) is 0 Å². The van der Waals surface area contributed by atoms with Crippen molar-refractivity contribution in [2.75, 3.05) is 10.6 Å². The van der Waals surface area contributed by atoms with Gasteiger partial charge in [-0.1, -0.05) is 0 Å². The molecule has 1 aromatic carbocycles. The van der Waals surface area contributed by atoms with Crippen molar-refractivity contribution in [2.24, 2.45) is 0 Å². The van der Waals surface area contributed by atoms with Gasteiger partial charge in [0.25, 0.3) is 11.5 Å². The minimum absolute atomic E-state index is 0.113. The van der Waals surface area contributed by atoms with E-state index >= 15 is 0 Å². The van der Waals surface area contributed by atoms with Crippen molar-refractivity contribution in [1.29, 1.82) is 0 Å². The van der Waals surface area contributed by atoms with Crippen LogP contribution in [0.4, 0.5) is 11.4 Å². The largest absolute Gasteiger partial charge is 0.442 e. The molecule has 8 nitrogen and oxygen atoms in total. The van der Waals surface area contributed by atoms with Crippen LogP contribution in [-0.4, -0.2) is 21.8 Å². The number of fused-ring (bicyclic) bond motifs is 1. The first kappa shape index (κ1) is 15.5. The zero-order valence-electron chi connectivity index (χ0n) is 13.0. The number of carbonyl (C=O) groups is 2. The zero-order chi connectivity index (χ0) is 17.3. The minimum Gasteiger partial charge on any atom is -0.442 e. The number of amides is 2. The van der Waals surface area contributed by atoms with Crippen LogP contribution in [0.5, 0.6) is 0 Å². The molecule has 3 aromatic rings. The molecule has 2 aromatic heterocycles. The number of furan rings is 1. The third-order valence-electron chi connectivity index (χ3n) is 3.36. The molecule has 122 valence electrons. The quantitative estimate of drug-likeness (QED) is 0.681. The molecule has 0 saturated carbocycles. The van der Waals surface area contributed by atoms with Crippen LogP contribution in [0.15, 0.2) is 39.8 Å². The Hall–Kier alpha value is -3.42. The SMILES string of the molecule is CC(=O)Nc1ccc(NC(=O)c2c(C)oc3nc[nH]c(=O)c23)cc1. The van der Waals surface area contributed by atoms with E-state index in [0.29, 0.717) is 17.1 Å². The van der Waals surface area contributed by atoms with Gasteiger partial charge in [-0.25, -0.2) is 4.98 Å². The molecule has 24 heavy (non-hydrogen) atoms. The summed E-state index contributed by atoms with van der Waals surface area (Å²) in [6.45, 7) is 3.00. The van der Waals surface area contributed by atoms with Crippen LogP contribution in [0.2, 0.25) is 0 Å². The summed E-state index contributed by atoms with van der Waals surface area (Å²) in [5.41, 5.74) is 0.949. The molecular formula is C16H14N4O4. The summed E-state index contributed by atoms with van der Waals surface area (Å²) in [5.74, 6) is -0.349. The van der Waals surface area contributed by atoms with Gasteiger partial charge in [-0.05, 0) is 31.2 Å². The number of nitrogens with one attached hydrogen (secondary N) is 3. The van der Waals surface area contributed by atoms with E-state index in [4.69, 9.17) is 4.42 Å². The molecule has 0 spiro atoms. The van der Waals surface area contributed by atoms with E-state index in [9.17, 15) is 14.4 Å². The summed E-state index contributed by atoms with van der Waals surface area (Å²) < 4.78 is 5.36. The number of anilines is 2. The van der Waals surface area contributed by atoms with Gasteiger partial charge in [0.2, 0.25) is 11.6 Å². The summed E-state index contributed by atoms with van der Waals surface area (Å²) in [4.78, 5) is 41.8. The van der Waals surface area contributed by atoms with Crippen LogP contribution >= 0.6 is 0 Å². The molecule has 3 N–H and O–H groups in total. The lowest BCUT2D eigenvalue weighted by atomic mass is 10.1. The molecule has 8 heteroatoms. The Bertz CT molecular complexity index is 985. The number of hydrogen-bond acceptors (Lipinski definition) is 5. The Balaban J connectivity index is 1.89. The van der Waals surface area contributed by atoms with Gasteiger partial charge >= 0.3 is 0 Å². The highest BCUT2D eigenvalue weighted by Gasteiger charge is 2.21. The molecular weight excluding hydrogens is 312 g/mol. The fourth-order valence-corrected chi connectivity index (χ4v) is 2.36. The lowest BCUT2D eigenvalue weighted by molar-refractivity contribution is -0.114. The van der Waals surface area contributed by atoms with E-state index in [1.807, 2.05) is 0 Å². The lowest BCUT2D eigenvalue weighted by Gasteiger charge is -2.06. The van der Waals surface area contributed by atoms with Crippen LogP contribution in [0, 0.1) is 6.92 Å². The van der Waals surface area contributed by atoms with Gasteiger partial charge < -0.3 is 20.0 Å². The molecule has 0 aliphatic rings. The van der Waals surface area contributed by atoms with Gasteiger partial charge in [0, 0.05) is 18.3 Å². The first-order valence-electron chi connectivity index (χ1n) is 7.11. The Morgan fingerprint density at radius 3 is 2.38 bits per heavy atom. The zero-order valence-corrected chi connectivity index (χ0v) is 13.0. The third-order valence-corrected chi connectivity index (χ3v) is 3.36. The van der Waals surface area contributed by atoms with Crippen LogP contribution in [-0.2, 0) is 4.79 Å². The number of rotatable bonds is 3. The van der Waals surface area contributed by atoms with Crippen molar-refractivity contribution < 1.29 is 14.0 Å². The minimum atomic E-state index is -0.475. The van der Waals surface area contributed by atoms with E-state index in [2.05, 4.69) is 20.6 Å². The van der Waals surface area contributed by atoms with Crippen molar-refractivity contribution >= 4 is 34.3 Å². The van der Waals surface area contributed by atoms with Crippen LogP contribution in [0.1, 0.15) is 23.0 Å². The highest BCUT2D eigenvalue weighted by atomic mass is 16.3.